The van der Waals surface area contributed by atoms with Crippen LogP contribution in [0.4, 0.5) is 9.93 Å². The molecule has 0 radical (unpaired) electrons. The van der Waals surface area contributed by atoms with E-state index in [2.05, 4.69) is 20.8 Å². The molecular weight excluding hydrogens is 390 g/mol. The molecule has 0 unspecified atom stereocenters. The van der Waals surface area contributed by atoms with Gasteiger partial charge in [-0.05, 0) is 31.2 Å². The summed E-state index contributed by atoms with van der Waals surface area (Å²) in [5.74, 6) is -0.295. The molecule has 2 atom stereocenters. The fourth-order valence-corrected chi connectivity index (χ4v) is 4.43. The lowest BCUT2D eigenvalue weighted by Crippen LogP contribution is -2.49. The van der Waals surface area contributed by atoms with Gasteiger partial charge in [-0.1, -0.05) is 41.7 Å². The highest BCUT2D eigenvalue weighted by atomic mass is 32.1. The molecular formula is C20H25N5O3S. The number of likely N-dealkylation sites (tertiary alicyclic amines) is 1. The molecule has 4 rings (SSSR count). The molecule has 2 aliphatic heterocycles. The lowest BCUT2D eigenvalue weighted by atomic mass is 10.1. The molecule has 8 nitrogen and oxygen atoms in total. The summed E-state index contributed by atoms with van der Waals surface area (Å²) in [6, 6.07) is 8.77. The smallest absolute Gasteiger partial charge is 0.318 e. The Morgan fingerprint density at radius 1 is 1.17 bits per heavy atom. The quantitative estimate of drug-likeness (QED) is 0.756. The number of carbonyl (C=O) groups is 2. The first-order valence-electron chi connectivity index (χ1n) is 10.0. The van der Waals surface area contributed by atoms with Crippen molar-refractivity contribution >= 4 is 28.4 Å². The Balaban J connectivity index is 1.43. The number of anilines is 1. The van der Waals surface area contributed by atoms with Gasteiger partial charge in [0, 0.05) is 26.1 Å². The van der Waals surface area contributed by atoms with E-state index < -0.39 is 6.04 Å². The average molecular weight is 416 g/mol. The molecule has 2 fully saturated rings. The zero-order valence-corrected chi connectivity index (χ0v) is 17.0. The summed E-state index contributed by atoms with van der Waals surface area (Å²) in [7, 11) is 0. The van der Waals surface area contributed by atoms with Gasteiger partial charge in [0.25, 0.3) is 0 Å². The van der Waals surface area contributed by atoms with Gasteiger partial charge in [-0.15, -0.1) is 10.2 Å². The van der Waals surface area contributed by atoms with E-state index in [1.165, 1.54) is 11.3 Å². The normalized spacial score (nSPS) is 19.9. The minimum atomic E-state index is -0.694. The third kappa shape index (κ3) is 5.10. The number of amides is 3. The number of nitrogens with zero attached hydrogens (tertiary/aromatic N) is 3. The molecule has 2 N–H and O–H groups in total. The van der Waals surface area contributed by atoms with Crippen molar-refractivity contribution in [2.45, 2.75) is 44.2 Å². The van der Waals surface area contributed by atoms with Crippen LogP contribution >= 0.6 is 11.3 Å². The van der Waals surface area contributed by atoms with Gasteiger partial charge < -0.3 is 15.0 Å². The van der Waals surface area contributed by atoms with E-state index in [4.69, 9.17) is 4.74 Å². The third-order valence-electron chi connectivity index (χ3n) is 5.17. The van der Waals surface area contributed by atoms with Crippen molar-refractivity contribution in [3.05, 3.63) is 40.9 Å². The highest BCUT2D eigenvalue weighted by molar-refractivity contribution is 7.15. The van der Waals surface area contributed by atoms with Gasteiger partial charge >= 0.3 is 6.03 Å². The highest BCUT2D eigenvalue weighted by Gasteiger charge is 2.27. The number of benzene rings is 1. The lowest BCUT2D eigenvalue weighted by molar-refractivity contribution is -0.118. The van der Waals surface area contributed by atoms with Crippen LogP contribution in [-0.4, -0.2) is 52.8 Å². The molecule has 0 spiro atoms. The molecule has 2 saturated heterocycles. The number of carbonyl (C=O) groups excluding carboxylic acids is 2. The number of urea groups is 1. The molecule has 0 bridgehead atoms. The molecule has 29 heavy (non-hydrogen) atoms. The molecule has 1 aromatic carbocycles. The lowest BCUT2D eigenvalue weighted by Gasteiger charge is -2.22. The van der Waals surface area contributed by atoms with Crippen molar-refractivity contribution in [1.82, 2.24) is 20.4 Å². The van der Waals surface area contributed by atoms with Crippen LogP contribution in [0.15, 0.2) is 30.3 Å². The maximum Gasteiger partial charge on any atom is 0.318 e. The average Bonchev–Trinajstić information content (AvgIpc) is 3.49. The van der Waals surface area contributed by atoms with Crippen molar-refractivity contribution in [3.8, 4) is 0 Å². The molecule has 154 valence electrons. The largest absolute Gasteiger partial charge is 0.371 e. The second-order valence-electron chi connectivity index (χ2n) is 7.32. The minimum Gasteiger partial charge on any atom is -0.371 e. The fourth-order valence-electron chi connectivity index (χ4n) is 3.60. The Morgan fingerprint density at radius 2 is 1.97 bits per heavy atom. The van der Waals surface area contributed by atoms with Crippen molar-refractivity contribution in [2.75, 3.05) is 25.0 Å². The molecule has 1 aromatic heterocycles. The SMILES string of the molecule is O=C(Nc1nnc([C@@H]2CCCO2)s1)[C@@H](Cc1ccccc1)NC(=O)N1CCCC1. The number of ether oxygens (including phenoxy) is 1. The van der Waals surface area contributed by atoms with Crippen molar-refractivity contribution in [1.29, 1.82) is 0 Å². The molecule has 3 heterocycles. The summed E-state index contributed by atoms with van der Waals surface area (Å²) < 4.78 is 5.63. The van der Waals surface area contributed by atoms with E-state index in [1.54, 1.807) is 4.90 Å². The standard InChI is InChI=1S/C20H25N5O3S/c26-17(22-19-24-23-18(29-19)16-9-6-12-28-16)15(13-14-7-2-1-3-8-14)21-20(27)25-10-4-5-11-25/h1-3,7-8,15-16H,4-6,9-13H2,(H,21,27)(H,22,24,26)/t15-,16+/m1/s1. The number of rotatable bonds is 6. The zero-order valence-electron chi connectivity index (χ0n) is 16.2. The van der Waals surface area contributed by atoms with Crippen molar-refractivity contribution < 1.29 is 14.3 Å². The van der Waals surface area contributed by atoms with Crippen LogP contribution in [0.5, 0.6) is 0 Å². The topological polar surface area (TPSA) is 96.5 Å². The summed E-state index contributed by atoms with van der Waals surface area (Å²) in [6.45, 7) is 2.19. The first kappa shape index (κ1) is 19.8. The molecule has 0 aliphatic carbocycles. The second-order valence-corrected chi connectivity index (χ2v) is 8.33. The Hall–Kier alpha value is -2.52. The Labute approximate surface area is 173 Å². The first-order valence-corrected chi connectivity index (χ1v) is 10.9. The van der Waals surface area contributed by atoms with E-state index in [0.29, 0.717) is 11.6 Å². The van der Waals surface area contributed by atoms with Crippen LogP contribution < -0.4 is 10.6 Å². The van der Waals surface area contributed by atoms with Crippen molar-refractivity contribution in [3.63, 3.8) is 0 Å². The zero-order chi connectivity index (χ0) is 20.1. The van der Waals surface area contributed by atoms with Crippen LogP contribution in [0.1, 0.15) is 42.4 Å². The summed E-state index contributed by atoms with van der Waals surface area (Å²) in [5.41, 5.74) is 0.978. The van der Waals surface area contributed by atoms with Crippen molar-refractivity contribution in [2.24, 2.45) is 0 Å². The van der Waals surface area contributed by atoms with Crippen LogP contribution in [0.2, 0.25) is 0 Å². The second kappa shape index (κ2) is 9.32. The Bertz CT molecular complexity index is 832. The molecule has 0 saturated carbocycles. The maximum atomic E-state index is 13.0. The monoisotopic (exact) mass is 415 g/mol. The van der Waals surface area contributed by atoms with Crippen LogP contribution in [-0.2, 0) is 16.0 Å². The van der Waals surface area contributed by atoms with Gasteiger partial charge in [-0.25, -0.2) is 4.79 Å². The molecule has 3 amide bonds. The molecule has 9 heteroatoms. The number of aromatic nitrogens is 2. The fraction of sp³-hybridized carbons (Fsp3) is 0.500. The minimum absolute atomic E-state index is 0.0341. The predicted octanol–water partition coefficient (Wildman–Crippen LogP) is 2.74. The van der Waals surface area contributed by atoms with Gasteiger partial charge in [-0.3, -0.25) is 10.1 Å². The highest BCUT2D eigenvalue weighted by Crippen LogP contribution is 2.31. The van der Waals surface area contributed by atoms with Gasteiger partial charge in [0.15, 0.2) is 0 Å². The van der Waals surface area contributed by atoms with Gasteiger partial charge in [0.05, 0.1) is 0 Å². The van der Waals surface area contributed by atoms with E-state index >= 15 is 0 Å². The molecule has 2 aliphatic rings. The van der Waals surface area contributed by atoms with Crippen LogP contribution in [0.3, 0.4) is 0 Å². The van der Waals surface area contributed by atoms with Gasteiger partial charge in [0.2, 0.25) is 11.0 Å². The van der Waals surface area contributed by atoms with E-state index in [1.807, 2.05) is 30.3 Å². The third-order valence-corrected chi connectivity index (χ3v) is 6.10. The van der Waals surface area contributed by atoms with Crippen LogP contribution in [0, 0.1) is 0 Å². The van der Waals surface area contributed by atoms with E-state index in [0.717, 1.165) is 56.0 Å². The van der Waals surface area contributed by atoms with Gasteiger partial charge in [0.1, 0.15) is 17.2 Å². The maximum absolute atomic E-state index is 13.0. The summed E-state index contributed by atoms with van der Waals surface area (Å²) >= 11 is 1.32. The van der Waals surface area contributed by atoms with Gasteiger partial charge in [-0.2, -0.15) is 0 Å². The number of hydrogen-bond acceptors (Lipinski definition) is 6. The van der Waals surface area contributed by atoms with E-state index in [9.17, 15) is 9.59 Å². The summed E-state index contributed by atoms with van der Waals surface area (Å²) in [4.78, 5) is 27.3. The number of nitrogens with one attached hydrogen (secondary N) is 2. The first-order chi connectivity index (χ1) is 14.2. The van der Waals surface area contributed by atoms with E-state index in [-0.39, 0.29) is 18.0 Å². The summed E-state index contributed by atoms with van der Waals surface area (Å²) in [6.07, 6.45) is 4.30. The predicted molar refractivity (Wildman–Crippen MR) is 110 cm³/mol. The molecule has 2 aromatic rings. The number of hydrogen-bond donors (Lipinski definition) is 2. The Morgan fingerprint density at radius 3 is 2.69 bits per heavy atom. The van der Waals surface area contributed by atoms with Crippen LogP contribution in [0.25, 0.3) is 0 Å². The summed E-state index contributed by atoms with van der Waals surface area (Å²) in [5, 5.41) is 15.1. The Kier molecular flexibility index (Phi) is 6.36.